The number of hydrogen-bond donors (Lipinski definition) is 0. The molecule has 0 saturated heterocycles. The molecule has 2 rings (SSSR count). The summed E-state index contributed by atoms with van der Waals surface area (Å²) >= 11 is 1.55. The first-order chi connectivity index (χ1) is 9.60. The number of ether oxygens (including phenoxy) is 1. The predicted molar refractivity (Wildman–Crippen MR) is 75.0 cm³/mol. The molecule has 1 heterocycles. The summed E-state index contributed by atoms with van der Waals surface area (Å²) in [6.07, 6.45) is 0. The zero-order valence-electron chi connectivity index (χ0n) is 11.3. The zero-order chi connectivity index (χ0) is 14.5. The minimum atomic E-state index is -0.662. The summed E-state index contributed by atoms with van der Waals surface area (Å²) in [6, 6.07) is 4.55. The molecule has 0 spiro atoms. The van der Waals surface area contributed by atoms with Gasteiger partial charge in [0.15, 0.2) is 0 Å². The molecule has 2 aromatic rings. The van der Waals surface area contributed by atoms with E-state index < -0.39 is 11.8 Å². The summed E-state index contributed by atoms with van der Waals surface area (Å²) in [4.78, 5) is 17.5. The number of methoxy groups -OCH3 is 1. The second kappa shape index (κ2) is 6.58. The molecule has 4 nitrogen and oxygen atoms in total. The third kappa shape index (κ3) is 3.61. The molecule has 0 unspecified atom stereocenters. The summed E-state index contributed by atoms with van der Waals surface area (Å²) in [5.41, 5.74) is 3.53. The number of benzene rings is 1. The fourth-order valence-corrected chi connectivity index (χ4v) is 2.44. The van der Waals surface area contributed by atoms with Crippen LogP contribution in [0.2, 0.25) is 0 Å². The fourth-order valence-electron chi connectivity index (χ4n) is 1.89. The molecule has 0 aliphatic rings. The first-order valence-electron chi connectivity index (χ1n) is 6.02. The minimum Gasteiger partial charge on any atom is -0.465 e. The van der Waals surface area contributed by atoms with Gasteiger partial charge >= 0.3 is 5.97 Å². The Labute approximate surface area is 120 Å². The van der Waals surface area contributed by atoms with Gasteiger partial charge in [0.05, 0.1) is 23.9 Å². The van der Waals surface area contributed by atoms with Crippen LogP contribution < -0.4 is 0 Å². The van der Waals surface area contributed by atoms with Crippen LogP contribution in [0.25, 0.3) is 0 Å². The van der Waals surface area contributed by atoms with E-state index in [0.29, 0.717) is 13.1 Å². The molecule has 0 N–H and O–H groups in total. The number of halogens is 1. The third-order valence-corrected chi connectivity index (χ3v) is 3.44. The maximum Gasteiger partial charge on any atom is 0.340 e. The highest BCUT2D eigenvalue weighted by Gasteiger charge is 2.13. The van der Waals surface area contributed by atoms with Crippen LogP contribution in [0.5, 0.6) is 0 Å². The molecule has 0 bridgehead atoms. The van der Waals surface area contributed by atoms with E-state index in [1.54, 1.807) is 22.9 Å². The highest BCUT2D eigenvalue weighted by atomic mass is 32.1. The standard InChI is InChI=1S/C14H15FN2O2S/c1-17(7-11-8-20-9-16-11)6-10-3-4-12(13(15)5-10)14(18)19-2/h3-5,8-9H,6-7H2,1-2H3. The number of rotatable bonds is 5. The van der Waals surface area contributed by atoms with Crippen LogP contribution in [0.1, 0.15) is 21.6 Å². The second-order valence-electron chi connectivity index (χ2n) is 4.46. The van der Waals surface area contributed by atoms with E-state index in [2.05, 4.69) is 9.72 Å². The van der Waals surface area contributed by atoms with Gasteiger partial charge in [-0.15, -0.1) is 11.3 Å². The Bertz CT molecular complexity index is 587. The van der Waals surface area contributed by atoms with E-state index in [1.807, 2.05) is 17.3 Å². The highest BCUT2D eigenvalue weighted by molar-refractivity contribution is 7.07. The maximum atomic E-state index is 13.8. The Morgan fingerprint density at radius 3 is 2.85 bits per heavy atom. The van der Waals surface area contributed by atoms with Crippen molar-refractivity contribution in [3.63, 3.8) is 0 Å². The van der Waals surface area contributed by atoms with E-state index in [9.17, 15) is 9.18 Å². The first-order valence-corrected chi connectivity index (χ1v) is 6.96. The highest BCUT2D eigenvalue weighted by Crippen LogP contribution is 2.14. The average Bonchev–Trinajstić information content (AvgIpc) is 2.90. The van der Waals surface area contributed by atoms with Crippen molar-refractivity contribution in [2.24, 2.45) is 0 Å². The summed E-state index contributed by atoms with van der Waals surface area (Å²) in [5.74, 6) is -1.22. The van der Waals surface area contributed by atoms with Gasteiger partial charge in [-0.2, -0.15) is 0 Å². The number of aromatic nitrogens is 1. The van der Waals surface area contributed by atoms with Gasteiger partial charge in [0.25, 0.3) is 0 Å². The SMILES string of the molecule is COC(=O)c1ccc(CN(C)Cc2cscn2)cc1F. The monoisotopic (exact) mass is 294 g/mol. The first kappa shape index (κ1) is 14.6. The Morgan fingerprint density at radius 1 is 1.45 bits per heavy atom. The maximum absolute atomic E-state index is 13.8. The smallest absolute Gasteiger partial charge is 0.340 e. The molecule has 20 heavy (non-hydrogen) atoms. The molecule has 0 radical (unpaired) electrons. The molecular weight excluding hydrogens is 279 g/mol. The summed E-state index contributed by atoms with van der Waals surface area (Å²) < 4.78 is 18.3. The van der Waals surface area contributed by atoms with Crippen molar-refractivity contribution in [2.45, 2.75) is 13.1 Å². The lowest BCUT2D eigenvalue weighted by molar-refractivity contribution is 0.0595. The molecule has 0 aliphatic carbocycles. The summed E-state index contributed by atoms with van der Waals surface area (Å²) in [7, 11) is 3.17. The number of esters is 1. The Balaban J connectivity index is 2.03. The van der Waals surface area contributed by atoms with Gasteiger partial charge in [0, 0.05) is 18.5 Å². The number of thiazole rings is 1. The van der Waals surface area contributed by atoms with Crippen molar-refractivity contribution < 1.29 is 13.9 Å². The molecule has 1 aromatic carbocycles. The van der Waals surface area contributed by atoms with Gasteiger partial charge in [-0.1, -0.05) is 6.07 Å². The van der Waals surface area contributed by atoms with Crippen LogP contribution in [0.4, 0.5) is 4.39 Å². The van der Waals surface area contributed by atoms with Gasteiger partial charge in [0.1, 0.15) is 5.82 Å². The van der Waals surface area contributed by atoms with Crippen LogP contribution in [-0.4, -0.2) is 30.0 Å². The molecule has 0 atom stereocenters. The second-order valence-corrected chi connectivity index (χ2v) is 5.18. The average molecular weight is 294 g/mol. The van der Waals surface area contributed by atoms with E-state index in [1.165, 1.54) is 19.2 Å². The van der Waals surface area contributed by atoms with E-state index >= 15 is 0 Å². The molecule has 106 valence electrons. The van der Waals surface area contributed by atoms with Crippen molar-refractivity contribution >= 4 is 17.3 Å². The summed E-state index contributed by atoms with van der Waals surface area (Å²) in [6.45, 7) is 1.28. The number of hydrogen-bond acceptors (Lipinski definition) is 5. The van der Waals surface area contributed by atoms with Crippen LogP contribution in [0.15, 0.2) is 29.1 Å². The third-order valence-electron chi connectivity index (χ3n) is 2.81. The topological polar surface area (TPSA) is 42.4 Å². The lowest BCUT2D eigenvalue weighted by Crippen LogP contribution is -2.17. The van der Waals surface area contributed by atoms with Gasteiger partial charge in [-0.05, 0) is 24.7 Å². The molecular formula is C14H15FN2O2S. The van der Waals surface area contributed by atoms with E-state index in [0.717, 1.165) is 11.3 Å². The van der Waals surface area contributed by atoms with E-state index in [4.69, 9.17) is 0 Å². The van der Waals surface area contributed by atoms with Gasteiger partial charge in [-0.25, -0.2) is 14.2 Å². The molecule has 0 aliphatic heterocycles. The molecule has 1 aromatic heterocycles. The predicted octanol–water partition coefficient (Wildman–Crippen LogP) is 2.70. The van der Waals surface area contributed by atoms with Crippen LogP contribution in [-0.2, 0) is 17.8 Å². The molecule has 0 fully saturated rings. The Morgan fingerprint density at radius 2 is 2.25 bits per heavy atom. The molecule has 6 heteroatoms. The lowest BCUT2D eigenvalue weighted by atomic mass is 10.1. The van der Waals surface area contributed by atoms with Crippen molar-refractivity contribution in [2.75, 3.05) is 14.2 Å². The lowest BCUT2D eigenvalue weighted by Gasteiger charge is -2.15. The normalized spacial score (nSPS) is 10.8. The number of carbonyl (C=O) groups is 1. The van der Waals surface area contributed by atoms with Crippen LogP contribution in [0, 0.1) is 5.82 Å². The largest absolute Gasteiger partial charge is 0.465 e. The van der Waals surface area contributed by atoms with Crippen molar-refractivity contribution in [3.8, 4) is 0 Å². The van der Waals surface area contributed by atoms with Gasteiger partial charge < -0.3 is 4.74 Å². The quantitative estimate of drug-likeness (QED) is 0.795. The summed E-state index contributed by atoms with van der Waals surface area (Å²) in [5, 5.41) is 1.98. The minimum absolute atomic E-state index is 0.0431. The van der Waals surface area contributed by atoms with Crippen molar-refractivity contribution in [3.05, 3.63) is 51.7 Å². The zero-order valence-corrected chi connectivity index (χ0v) is 12.1. The fraction of sp³-hybridized carbons (Fsp3) is 0.286. The Kier molecular flexibility index (Phi) is 4.81. The van der Waals surface area contributed by atoms with Crippen molar-refractivity contribution in [1.82, 2.24) is 9.88 Å². The molecule has 0 saturated carbocycles. The number of carbonyl (C=O) groups excluding carboxylic acids is 1. The van der Waals surface area contributed by atoms with Gasteiger partial charge in [0.2, 0.25) is 0 Å². The van der Waals surface area contributed by atoms with Crippen LogP contribution >= 0.6 is 11.3 Å². The van der Waals surface area contributed by atoms with Gasteiger partial charge in [-0.3, -0.25) is 4.90 Å². The Hall–Kier alpha value is -1.79. The van der Waals surface area contributed by atoms with Crippen LogP contribution in [0.3, 0.4) is 0 Å². The molecule has 0 amide bonds. The van der Waals surface area contributed by atoms with Crippen molar-refractivity contribution in [1.29, 1.82) is 0 Å². The number of nitrogens with zero attached hydrogens (tertiary/aromatic N) is 2. The van der Waals surface area contributed by atoms with E-state index in [-0.39, 0.29) is 5.56 Å².